The minimum Gasteiger partial charge on any atom is -0.326 e. The molecule has 84 valence electrons. The Morgan fingerprint density at radius 2 is 2.20 bits per heavy atom. The lowest BCUT2D eigenvalue weighted by atomic mass is 9.99. The summed E-state index contributed by atoms with van der Waals surface area (Å²) in [5, 5.41) is 4.37. The van der Waals surface area contributed by atoms with Gasteiger partial charge in [-0.3, -0.25) is 4.90 Å². The van der Waals surface area contributed by atoms with Crippen LogP contribution < -0.4 is 5.73 Å². The Kier molecular flexibility index (Phi) is 2.88. The van der Waals surface area contributed by atoms with Crippen LogP contribution in [0.15, 0.2) is 16.8 Å². The minimum absolute atomic E-state index is 0.209. The van der Waals surface area contributed by atoms with E-state index in [2.05, 4.69) is 42.5 Å². The van der Waals surface area contributed by atoms with E-state index >= 15 is 0 Å². The summed E-state index contributed by atoms with van der Waals surface area (Å²) < 4.78 is 0. The number of thiophene rings is 1. The first-order valence-corrected chi connectivity index (χ1v) is 6.49. The van der Waals surface area contributed by atoms with Gasteiger partial charge in [-0.15, -0.1) is 0 Å². The van der Waals surface area contributed by atoms with Crippen molar-refractivity contribution in [3.05, 3.63) is 22.4 Å². The molecule has 0 aliphatic carbocycles. The molecule has 1 aliphatic rings. The lowest BCUT2D eigenvalue weighted by molar-refractivity contribution is 0.117. The van der Waals surface area contributed by atoms with Crippen LogP contribution in [0.25, 0.3) is 0 Å². The molecule has 1 saturated heterocycles. The van der Waals surface area contributed by atoms with Crippen LogP contribution in [-0.4, -0.2) is 23.0 Å². The number of hydrogen-bond acceptors (Lipinski definition) is 3. The number of rotatable bonds is 1. The number of likely N-dealkylation sites (tertiary alicyclic amines) is 1. The van der Waals surface area contributed by atoms with Crippen molar-refractivity contribution in [2.24, 2.45) is 5.73 Å². The Balaban J connectivity index is 2.27. The van der Waals surface area contributed by atoms with Crippen molar-refractivity contribution in [2.45, 2.75) is 44.8 Å². The second-order valence-electron chi connectivity index (χ2n) is 5.32. The summed E-state index contributed by atoms with van der Waals surface area (Å²) in [6.45, 7) is 7.92. The molecule has 2 atom stereocenters. The third-order valence-electron chi connectivity index (χ3n) is 3.19. The Hall–Kier alpha value is -0.380. The van der Waals surface area contributed by atoms with Crippen molar-refractivity contribution >= 4 is 11.3 Å². The van der Waals surface area contributed by atoms with Gasteiger partial charge in [0.15, 0.2) is 0 Å². The Labute approximate surface area is 96.1 Å². The smallest absolute Gasteiger partial charge is 0.0513 e. The lowest BCUT2D eigenvalue weighted by Crippen LogP contribution is -2.43. The average Bonchev–Trinajstić information content (AvgIpc) is 2.69. The highest BCUT2D eigenvalue weighted by Gasteiger charge is 2.38. The van der Waals surface area contributed by atoms with E-state index in [4.69, 9.17) is 5.73 Å². The maximum Gasteiger partial charge on any atom is 0.0513 e. The fourth-order valence-electron chi connectivity index (χ4n) is 2.44. The van der Waals surface area contributed by atoms with Gasteiger partial charge in [0.25, 0.3) is 0 Å². The molecule has 0 bridgehead atoms. The van der Waals surface area contributed by atoms with Gasteiger partial charge in [0, 0.05) is 18.1 Å². The van der Waals surface area contributed by atoms with Gasteiger partial charge in [-0.2, -0.15) is 11.3 Å². The Morgan fingerprint density at radius 1 is 1.47 bits per heavy atom. The quantitative estimate of drug-likeness (QED) is 0.794. The van der Waals surface area contributed by atoms with Gasteiger partial charge in [-0.05, 0) is 49.6 Å². The molecule has 15 heavy (non-hydrogen) atoms. The molecular formula is C12H20N2S. The zero-order valence-electron chi connectivity index (χ0n) is 9.73. The van der Waals surface area contributed by atoms with Gasteiger partial charge in [-0.25, -0.2) is 0 Å². The van der Waals surface area contributed by atoms with Gasteiger partial charge in [0.2, 0.25) is 0 Å². The summed E-state index contributed by atoms with van der Waals surface area (Å²) >= 11 is 1.76. The number of hydrogen-bond donors (Lipinski definition) is 1. The molecule has 1 aliphatic heterocycles. The molecule has 2 nitrogen and oxygen atoms in total. The molecule has 2 heterocycles. The predicted molar refractivity (Wildman–Crippen MR) is 66.1 cm³/mol. The van der Waals surface area contributed by atoms with E-state index < -0.39 is 0 Å². The van der Waals surface area contributed by atoms with E-state index in [-0.39, 0.29) is 5.54 Å². The zero-order chi connectivity index (χ0) is 11.1. The first kappa shape index (κ1) is 11.1. The summed E-state index contributed by atoms with van der Waals surface area (Å²) in [7, 11) is 0. The highest BCUT2D eigenvalue weighted by Crippen LogP contribution is 2.37. The van der Waals surface area contributed by atoms with Crippen LogP contribution in [0.1, 0.15) is 38.8 Å². The second-order valence-corrected chi connectivity index (χ2v) is 6.10. The van der Waals surface area contributed by atoms with Crippen molar-refractivity contribution in [1.82, 2.24) is 4.90 Å². The van der Waals surface area contributed by atoms with Gasteiger partial charge < -0.3 is 5.73 Å². The largest absolute Gasteiger partial charge is 0.326 e. The van der Waals surface area contributed by atoms with Crippen molar-refractivity contribution < 1.29 is 0 Å². The van der Waals surface area contributed by atoms with Crippen LogP contribution >= 0.6 is 11.3 Å². The molecule has 1 aromatic heterocycles. The maximum atomic E-state index is 6.22. The van der Waals surface area contributed by atoms with Gasteiger partial charge in [-0.1, -0.05) is 0 Å². The van der Waals surface area contributed by atoms with Crippen molar-refractivity contribution in [1.29, 1.82) is 0 Å². The fraction of sp³-hybridized carbons (Fsp3) is 0.667. The molecule has 0 saturated carbocycles. The van der Waals surface area contributed by atoms with Gasteiger partial charge in [0.1, 0.15) is 0 Å². The monoisotopic (exact) mass is 224 g/mol. The van der Waals surface area contributed by atoms with Crippen molar-refractivity contribution in [3.8, 4) is 0 Å². The van der Waals surface area contributed by atoms with Crippen LogP contribution in [0.5, 0.6) is 0 Å². The normalized spacial score (nSPS) is 28.5. The topological polar surface area (TPSA) is 29.3 Å². The molecule has 0 spiro atoms. The van der Waals surface area contributed by atoms with Crippen LogP contribution in [0.4, 0.5) is 0 Å². The number of nitrogens with zero attached hydrogens (tertiary/aromatic N) is 1. The van der Waals surface area contributed by atoms with Gasteiger partial charge >= 0.3 is 0 Å². The fourth-order valence-corrected chi connectivity index (χ4v) is 3.13. The molecule has 1 aromatic rings. The van der Waals surface area contributed by atoms with Crippen LogP contribution in [0, 0.1) is 0 Å². The maximum absolute atomic E-state index is 6.22. The highest BCUT2D eigenvalue weighted by atomic mass is 32.1. The highest BCUT2D eigenvalue weighted by molar-refractivity contribution is 7.07. The summed E-state index contributed by atoms with van der Waals surface area (Å²) in [6.07, 6.45) is 1.11. The first-order valence-electron chi connectivity index (χ1n) is 5.54. The minimum atomic E-state index is 0.209. The molecular weight excluding hydrogens is 204 g/mol. The average molecular weight is 224 g/mol. The first-order chi connectivity index (χ1) is 7.00. The van der Waals surface area contributed by atoms with E-state index in [1.54, 1.807) is 11.3 Å². The lowest BCUT2D eigenvalue weighted by Gasteiger charge is -2.37. The van der Waals surface area contributed by atoms with E-state index in [1.165, 1.54) is 5.56 Å². The van der Waals surface area contributed by atoms with Gasteiger partial charge in [0.05, 0.1) is 6.04 Å². The molecule has 0 aromatic carbocycles. The Morgan fingerprint density at radius 3 is 2.73 bits per heavy atom. The SMILES string of the molecule is CC(C)(C)N1CCC(N)C1c1ccsc1. The molecule has 3 heteroatoms. The summed E-state index contributed by atoms with van der Waals surface area (Å²) in [5.41, 5.74) is 7.82. The third kappa shape index (κ3) is 2.10. The van der Waals surface area contributed by atoms with E-state index in [0.29, 0.717) is 12.1 Å². The molecule has 0 radical (unpaired) electrons. The summed E-state index contributed by atoms with van der Waals surface area (Å²) in [4.78, 5) is 2.53. The zero-order valence-corrected chi connectivity index (χ0v) is 10.6. The summed E-state index contributed by atoms with van der Waals surface area (Å²) in [5.74, 6) is 0. The predicted octanol–water partition coefficient (Wildman–Crippen LogP) is 2.62. The van der Waals surface area contributed by atoms with Crippen molar-refractivity contribution in [2.75, 3.05) is 6.54 Å². The second kappa shape index (κ2) is 3.89. The van der Waals surface area contributed by atoms with E-state index in [9.17, 15) is 0 Å². The van der Waals surface area contributed by atoms with Crippen LogP contribution in [-0.2, 0) is 0 Å². The molecule has 2 N–H and O–H groups in total. The van der Waals surface area contributed by atoms with Crippen LogP contribution in [0.2, 0.25) is 0 Å². The standard InChI is InChI=1S/C12H20N2S/c1-12(2,3)14-6-4-10(13)11(14)9-5-7-15-8-9/h5,7-8,10-11H,4,6,13H2,1-3H3. The van der Waals surface area contributed by atoms with E-state index in [1.807, 2.05) is 0 Å². The Bertz CT molecular complexity index is 313. The molecule has 2 rings (SSSR count). The third-order valence-corrected chi connectivity index (χ3v) is 3.89. The molecule has 0 amide bonds. The molecule has 1 fully saturated rings. The number of nitrogens with two attached hydrogens (primary N) is 1. The summed E-state index contributed by atoms with van der Waals surface area (Å²) in [6, 6.07) is 2.91. The molecule has 2 unspecified atom stereocenters. The van der Waals surface area contributed by atoms with E-state index in [0.717, 1.165) is 13.0 Å². The van der Waals surface area contributed by atoms with Crippen LogP contribution in [0.3, 0.4) is 0 Å². The van der Waals surface area contributed by atoms with Crippen molar-refractivity contribution in [3.63, 3.8) is 0 Å².